The number of aromatic nitrogens is 2. The van der Waals surface area contributed by atoms with Crippen LogP contribution in [0.25, 0.3) is 32.7 Å². The van der Waals surface area contributed by atoms with Gasteiger partial charge in [0.1, 0.15) is 0 Å². The Morgan fingerprint density at radius 2 is 1.83 bits per heavy atom. The van der Waals surface area contributed by atoms with Gasteiger partial charge < -0.3 is 4.98 Å². The molecular weight excluding hydrogens is 220 g/mol. The van der Waals surface area contributed by atoms with Gasteiger partial charge in [-0.2, -0.15) is 0 Å². The Labute approximate surface area is 104 Å². The Hall–Kier alpha value is -2.35. The standard InChI is InChI=1S/C16H12N2/c1-10-6-7-12-15(8-10)17-9-13-11-4-2-3-5-14(11)18-16(12)13/h2-9,18H,1H3. The molecule has 2 heterocycles. The van der Waals surface area contributed by atoms with E-state index < -0.39 is 0 Å². The van der Waals surface area contributed by atoms with Crippen LogP contribution in [0.1, 0.15) is 5.56 Å². The quantitative estimate of drug-likeness (QED) is 0.484. The average Bonchev–Trinajstić information content (AvgIpc) is 2.77. The number of fused-ring (bicyclic) bond motifs is 5. The fourth-order valence-corrected chi connectivity index (χ4v) is 2.60. The average molecular weight is 232 g/mol. The summed E-state index contributed by atoms with van der Waals surface area (Å²) in [4.78, 5) is 8.07. The Balaban J connectivity index is 2.28. The van der Waals surface area contributed by atoms with Crippen molar-refractivity contribution in [1.82, 2.24) is 9.97 Å². The molecule has 0 aliphatic heterocycles. The Kier molecular flexibility index (Phi) is 1.78. The predicted molar refractivity (Wildman–Crippen MR) is 75.8 cm³/mol. The van der Waals surface area contributed by atoms with E-state index in [0.717, 1.165) is 5.52 Å². The van der Waals surface area contributed by atoms with E-state index in [1.165, 1.54) is 32.8 Å². The van der Waals surface area contributed by atoms with E-state index in [1.54, 1.807) is 0 Å². The summed E-state index contributed by atoms with van der Waals surface area (Å²) in [6.07, 6.45) is 1.97. The predicted octanol–water partition coefficient (Wildman–Crippen LogP) is 4.18. The second-order valence-electron chi connectivity index (χ2n) is 4.74. The Morgan fingerprint density at radius 3 is 2.78 bits per heavy atom. The van der Waals surface area contributed by atoms with Crippen molar-refractivity contribution in [1.29, 1.82) is 0 Å². The Morgan fingerprint density at radius 1 is 0.944 bits per heavy atom. The summed E-state index contributed by atoms with van der Waals surface area (Å²) in [6, 6.07) is 14.8. The highest BCUT2D eigenvalue weighted by molar-refractivity contribution is 6.15. The maximum absolute atomic E-state index is 4.57. The van der Waals surface area contributed by atoms with Gasteiger partial charge in [-0.3, -0.25) is 4.98 Å². The van der Waals surface area contributed by atoms with E-state index in [4.69, 9.17) is 0 Å². The van der Waals surface area contributed by atoms with Crippen molar-refractivity contribution in [3.8, 4) is 0 Å². The summed E-state index contributed by atoms with van der Waals surface area (Å²) in [6.45, 7) is 2.09. The lowest BCUT2D eigenvalue weighted by Gasteiger charge is -2.00. The lowest BCUT2D eigenvalue weighted by atomic mass is 10.1. The number of pyridine rings is 1. The Bertz CT molecular complexity index is 887. The first-order valence-corrected chi connectivity index (χ1v) is 6.09. The first-order chi connectivity index (χ1) is 8.83. The molecule has 0 fully saturated rings. The van der Waals surface area contributed by atoms with Crippen molar-refractivity contribution in [2.24, 2.45) is 0 Å². The molecule has 0 unspecified atom stereocenters. The minimum Gasteiger partial charge on any atom is -0.354 e. The summed E-state index contributed by atoms with van der Waals surface area (Å²) in [5, 5.41) is 3.62. The van der Waals surface area contributed by atoms with Crippen LogP contribution < -0.4 is 0 Å². The zero-order valence-electron chi connectivity index (χ0n) is 10.1. The third-order valence-electron chi connectivity index (χ3n) is 3.50. The van der Waals surface area contributed by atoms with Crippen molar-refractivity contribution in [3.05, 3.63) is 54.2 Å². The second-order valence-corrected chi connectivity index (χ2v) is 4.74. The highest BCUT2D eigenvalue weighted by atomic mass is 14.7. The van der Waals surface area contributed by atoms with E-state index in [0.29, 0.717) is 0 Å². The normalized spacial score (nSPS) is 11.6. The summed E-state index contributed by atoms with van der Waals surface area (Å²) >= 11 is 0. The zero-order valence-corrected chi connectivity index (χ0v) is 10.1. The summed E-state index contributed by atoms with van der Waals surface area (Å²) < 4.78 is 0. The lowest BCUT2D eigenvalue weighted by molar-refractivity contribution is 1.41. The number of aryl methyl sites for hydroxylation is 1. The molecule has 2 nitrogen and oxygen atoms in total. The highest BCUT2D eigenvalue weighted by Crippen LogP contribution is 2.29. The van der Waals surface area contributed by atoms with E-state index >= 15 is 0 Å². The number of rotatable bonds is 0. The molecule has 0 radical (unpaired) electrons. The van der Waals surface area contributed by atoms with Gasteiger partial charge in [0.25, 0.3) is 0 Å². The number of aromatic amines is 1. The molecule has 0 bridgehead atoms. The monoisotopic (exact) mass is 232 g/mol. The minimum absolute atomic E-state index is 1.05. The van der Waals surface area contributed by atoms with E-state index in [1.807, 2.05) is 6.20 Å². The maximum atomic E-state index is 4.57. The van der Waals surface area contributed by atoms with Gasteiger partial charge in [0.05, 0.1) is 11.0 Å². The molecule has 2 heteroatoms. The molecule has 0 amide bonds. The molecule has 0 aliphatic carbocycles. The molecule has 4 rings (SSSR count). The molecule has 0 aliphatic rings. The molecule has 0 saturated carbocycles. The number of hydrogen-bond donors (Lipinski definition) is 1. The van der Waals surface area contributed by atoms with Crippen molar-refractivity contribution in [2.45, 2.75) is 6.92 Å². The number of H-pyrrole nitrogens is 1. The van der Waals surface area contributed by atoms with Crippen LogP contribution in [0.5, 0.6) is 0 Å². The topological polar surface area (TPSA) is 28.7 Å². The van der Waals surface area contributed by atoms with Gasteiger partial charge in [0.2, 0.25) is 0 Å². The van der Waals surface area contributed by atoms with Crippen LogP contribution in [0.4, 0.5) is 0 Å². The largest absolute Gasteiger partial charge is 0.354 e. The molecule has 18 heavy (non-hydrogen) atoms. The van der Waals surface area contributed by atoms with E-state index in [9.17, 15) is 0 Å². The van der Waals surface area contributed by atoms with Gasteiger partial charge in [0.15, 0.2) is 0 Å². The molecule has 0 saturated heterocycles. The first kappa shape index (κ1) is 9.66. The SMILES string of the molecule is Cc1ccc2c(c1)ncc1c3ccccc3[nH]c21. The lowest BCUT2D eigenvalue weighted by Crippen LogP contribution is -1.81. The molecule has 4 aromatic rings. The van der Waals surface area contributed by atoms with Crippen LogP contribution in [0, 0.1) is 6.92 Å². The number of nitrogens with one attached hydrogen (secondary N) is 1. The fraction of sp³-hybridized carbons (Fsp3) is 0.0625. The minimum atomic E-state index is 1.05. The molecule has 2 aromatic carbocycles. The molecule has 1 N–H and O–H groups in total. The molecule has 86 valence electrons. The van der Waals surface area contributed by atoms with Gasteiger partial charge in [-0.25, -0.2) is 0 Å². The third-order valence-corrected chi connectivity index (χ3v) is 3.50. The second kappa shape index (κ2) is 3.33. The number of para-hydroxylation sites is 1. The van der Waals surface area contributed by atoms with Crippen LogP contribution in [0.3, 0.4) is 0 Å². The van der Waals surface area contributed by atoms with Crippen LogP contribution in [0.15, 0.2) is 48.7 Å². The van der Waals surface area contributed by atoms with Crippen molar-refractivity contribution in [2.75, 3.05) is 0 Å². The van der Waals surface area contributed by atoms with Gasteiger partial charge in [-0.15, -0.1) is 0 Å². The highest BCUT2D eigenvalue weighted by Gasteiger charge is 2.07. The summed E-state index contributed by atoms with van der Waals surface area (Å²) in [5.74, 6) is 0. The maximum Gasteiger partial charge on any atom is 0.0725 e. The molecule has 0 spiro atoms. The molecular formula is C16H12N2. The van der Waals surface area contributed by atoms with Gasteiger partial charge >= 0.3 is 0 Å². The van der Waals surface area contributed by atoms with Gasteiger partial charge in [0, 0.05) is 27.9 Å². The van der Waals surface area contributed by atoms with Crippen molar-refractivity contribution < 1.29 is 0 Å². The number of nitrogens with zero attached hydrogens (tertiary/aromatic N) is 1. The molecule has 2 aromatic heterocycles. The third kappa shape index (κ3) is 1.20. The van der Waals surface area contributed by atoms with E-state index in [2.05, 4.69) is 59.4 Å². The van der Waals surface area contributed by atoms with Crippen LogP contribution >= 0.6 is 0 Å². The number of hydrogen-bond acceptors (Lipinski definition) is 1. The van der Waals surface area contributed by atoms with E-state index in [-0.39, 0.29) is 0 Å². The molecule has 0 atom stereocenters. The number of benzene rings is 2. The fourth-order valence-electron chi connectivity index (χ4n) is 2.60. The van der Waals surface area contributed by atoms with Crippen molar-refractivity contribution >= 4 is 32.7 Å². The van der Waals surface area contributed by atoms with Gasteiger partial charge in [-0.05, 0) is 24.6 Å². The van der Waals surface area contributed by atoms with Crippen molar-refractivity contribution in [3.63, 3.8) is 0 Å². The van der Waals surface area contributed by atoms with Crippen LogP contribution in [-0.2, 0) is 0 Å². The summed E-state index contributed by atoms with van der Waals surface area (Å²) in [7, 11) is 0. The smallest absolute Gasteiger partial charge is 0.0725 e. The van der Waals surface area contributed by atoms with Crippen LogP contribution in [0.2, 0.25) is 0 Å². The van der Waals surface area contributed by atoms with Gasteiger partial charge in [-0.1, -0.05) is 30.3 Å². The van der Waals surface area contributed by atoms with Crippen LogP contribution in [-0.4, -0.2) is 9.97 Å². The first-order valence-electron chi connectivity index (χ1n) is 6.09. The zero-order chi connectivity index (χ0) is 12.1. The summed E-state index contributed by atoms with van der Waals surface area (Å²) in [5.41, 5.74) is 4.64.